The molecule has 11 nitrogen and oxygen atoms in total. The molecule has 0 spiro atoms. The van der Waals surface area contributed by atoms with Crippen molar-refractivity contribution in [1.82, 2.24) is 24.8 Å². The summed E-state index contributed by atoms with van der Waals surface area (Å²) in [6.45, 7) is 11.4. The van der Waals surface area contributed by atoms with Crippen LogP contribution in [-0.4, -0.2) is 69.6 Å². The highest BCUT2D eigenvalue weighted by Gasteiger charge is 2.36. The molecule has 1 saturated heterocycles. The van der Waals surface area contributed by atoms with E-state index in [2.05, 4.69) is 60.7 Å². The molecule has 0 aromatic carbocycles. The number of rotatable bonds is 5. The van der Waals surface area contributed by atoms with E-state index in [0.717, 1.165) is 48.8 Å². The number of piperazine rings is 1. The third-order valence-corrected chi connectivity index (χ3v) is 6.33. The standard InChI is InChI=1S/C25H31N9O2/c1-15-12-17(14-26-22(15)34-10-8-33(5)9-11-34)28-24-27-13-16(2)20(32-24)29-19-7-6-18-21(30-19)31-23(35)25(3,4)36-18/h6-7,12-14H,8-11H2,1-5H3,(H3,27,28,29,30,31,32,35). The highest BCUT2D eigenvalue weighted by molar-refractivity contribution is 5.99. The average molecular weight is 490 g/mol. The molecule has 5 rings (SSSR count). The van der Waals surface area contributed by atoms with Gasteiger partial charge >= 0.3 is 0 Å². The fourth-order valence-corrected chi connectivity index (χ4v) is 4.13. The van der Waals surface area contributed by atoms with Crippen LogP contribution < -0.4 is 25.6 Å². The number of carbonyl (C=O) groups is 1. The van der Waals surface area contributed by atoms with Gasteiger partial charge < -0.3 is 30.5 Å². The van der Waals surface area contributed by atoms with Gasteiger partial charge in [-0.2, -0.15) is 4.98 Å². The monoisotopic (exact) mass is 489 g/mol. The van der Waals surface area contributed by atoms with Crippen LogP contribution in [0.3, 0.4) is 0 Å². The normalized spacial score (nSPS) is 17.1. The number of carbonyl (C=O) groups excluding carboxylic acids is 1. The first-order valence-corrected chi connectivity index (χ1v) is 12.0. The highest BCUT2D eigenvalue weighted by atomic mass is 16.5. The Morgan fingerprint density at radius 2 is 1.78 bits per heavy atom. The Kier molecular flexibility index (Phi) is 6.09. The van der Waals surface area contributed by atoms with E-state index < -0.39 is 5.60 Å². The SMILES string of the molecule is Cc1cnc(Nc2cnc(N3CCN(C)CC3)c(C)c2)nc1Nc1ccc2c(n1)NC(=O)C(C)(C)O2. The molecule has 1 fully saturated rings. The minimum atomic E-state index is -0.941. The molecule has 0 radical (unpaired) electrons. The second-order valence-corrected chi connectivity index (χ2v) is 9.74. The summed E-state index contributed by atoms with van der Waals surface area (Å²) in [5.74, 6) is 3.23. The molecule has 2 aliphatic heterocycles. The second kappa shape index (κ2) is 9.23. The quantitative estimate of drug-likeness (QED) is 0.493. The number of amides is 1. The van der Waals surface area contributed by atoms with Crippen LogP contribution in [0.2, 0.25) is 0 Å². The highest BCUT2D eigenvalue weighted by Crippen LogP contribution is 2.33. The van der Waals surface area contributed by atoms with Gasteiger partial charge in [0.25, 0.3) is 5.91 Å². The number of nitrogens with one attached hydrogen (secondary N) is 3. The van der Waals surface area contributed by atoms with E-state index in [9.17, 15) is 4.79 Å². The Labute approximate surface area is 210 Å². The van der Waals surface area contributed by atoms with E-state index in [-0.39, 0.29) is 5.91 Å². The maximum absolute atomic E-state index is 12.2. The number of hydrogen-bond acceptors (Lipinski definition) is 10. The van der Waals surface area contributed by atoms with Crippen LogP contribution in [0.4, 0.5) is 34.9 Å². The summed E-state index contributed by atoms with van der Waals surface area (Å²) in [6, 6.07) is 5.62. The van der Waals surface area contributed by atoms with Crippen molar-refractivity contribution in [3.8, 4) is 5.75 Å². The predicted molar refractivity (Wildman–Crippen MR) is 140 cm³/mol. The molecule has 36 heavy (non-hydrogen) atoms. The number of hydrogen-bond donors (Lipinski definition) is 3. The number of nitrogens with zero attached hydrogens (tertiary/aromatic N) is 6. The van der Waals surface area contributed by atoms with E-state index >= 15 is 0 Å². The molecule has 0 aliphatic carbocycles. The first-order valence-electron chi connectivity index (χ1n) is 12.0. The zero-order valence-corrected chi connectivity index (χ0v) is 21.2. The summed E-state index contributed by atoms with van der Waals surface area (Å²) in [5.41, 5.74) is 1.82. The molecule has 0 bridgehead atoms. The van der Waals surface area contributed by atoms with Gasteiger partial charge in [0.05, 0.1) is 11.9 Å². The molecule has 3 aromatic heterocycles. The van der Waals surface area contributed by atoms with Gasteiger partial charge in [-0.1, -0.05) is 0 Å². The number of ether oxygens (including phenoxy) is 1. The van der Waals surface area contributed by atoms with Gasteiger partial charge in [0.15, 0.2) is 17.2 Å². The lowest BCUT2D eigenvalue weighted by molar-refractivity contribution is -0.129. The van der Waals surface area contributed by atoms with Crippen LogP contribution in [0.5, 0.6) is 5.75 Å². The molecule has 11 heteroatoms. The second-order valence-electron chi connectivity index (χ2n) is 9.74. The Bertz CT molecular complexity index is 1300. The lowest BCUT2D eigenvalue weighted by atomic mass is 10.1. The van der Waals surface area contributed by atoms with Crippen molar-refractivity contribution in [2.45, 2.75) is 33.3 Å². The number of fused-ring (bicyclic) bond motifs is 1. The molecule has 188 valence electrons. The van der Waals surface area contributed by atoms with Gasteiger partial charge in [0.2, 0.25) is 5.95 Å². The zero-order valence-electron chi connectivity index (χ0n) is 21.2. The van der Waals surface area contributed by atoms with Crippen molar-refractivity contribution in [1.29, 1.82) is 0 Å². The van der Waals surface area contributed by atoms with Gasteiger partial charge in [-0.15, -0.1) is 0 Å². The van der Waals surface area contributed by atoms with Crippen molar-refractivity contribution in [2.75, 3.05) is 54.1 Å². The number of aryl methyl sites for hydroxylation is 2. The number of aromatic nitrogens is 4. The Balaban J connectivity index is 1.31. The summed E-state index contributed by atoms with van der Waals surface area (Å²) in [7, 11) is 2.14. The molecule has 0 atom stereocenters. The average Bonchev–Trinajstić information content (AvgIpc) is 2.83. The maximum Gasteiger partial charge on any atom is 0.269 e. The van der Waals surface area contributed by atoms with Crippen LogP contribution in [0.25, 0.3) is 0 Å². The molecule has 0 saturated carbocycles. The molecular weight excluding hydrogens is 458 g/mol. The lowest BCUT2D eigenvalue weighted by Gasteiger charge is -2.34. The molecule has 3 N–H and O–H groups in total. The fourth-order valence-electron chi connectivity index (χ4n) is 4.13. The van der Waals surface area contributed by atoms with Gasteiger partial charge in [0.1, 0.15) is 17.5 Å². The summed E-state index contributed by atoms with van der Waals surface area (Å²) >= 11 is 0. The van der Waals surface area contributed by atoms with Crippen LogP contribution in [0.15, 0.2) is 30.6 Å². The van der Waals surface area contributed by atoms with Gasteiger partial charge in [-0.3, -0.25) is 4.79 Å². The first kappa shape index (κ1) is 23.7. The predicted octanol–water partition coefficient (Wildman–Crippen LogP) is 3.23. The minimum absolute atomic E-state index is 0.244. The number of anilines is 6. The van der Waals surface area contributed by atoms with Crippen LogP contribution >= 0.6 is 0 Å². The van der Waals surface area contributed by atoms with Crippen LogP contribution in [0.1, 0.15) is 25.0 Å². The Morgan fingerprint density at radius 1 is 1.00 bits per heavy atom. The summed E-state index contributed by atoms with van der Waals surface area (Å²) in [5, 5.41) is 9.26. The van der Waals surface area contributed by atoms with E-state index in [4.69, 9.17) is 9.72 Å². The van der Waals surface area contributed by atoms with Crippen molar-refractivity contribution >= 4 is 40.8 Å². The van der Waals surface area contributed by atoms with Crippen molar-refractivity contribution in [3.63, 3.8) is 0 Å². The van der Waals surface area contributed by atoms with E-state index in [0.29, 0.717) is 29.2 Å². The number of pyridine rings is 2. The topological polar surface area (TPSA) is 120 Å². The van der Waals surface area contributed by atoms with Crippen molar-refractivity contribution in [3.05, 3.63) is 41.7 Å². The smallest absolute Gasteiger partial charge is 0.269 e. The van der Waals surface area contributed by atoms with E-state index in [1.807, 2.05) is 13.1 Å². The molecule has 1 amide bonds. The fraction of sp³-hybridized carbons (Fsp3) is 0.400. The lowest BCUT2D eigenvalue weighted by Crippen LogP contribution is -2.46. The van der Waals surface area contributed by atoms with Crippen molar-refractivity contribution in [2.24, 2.45) is 0 Å². The molecule has 0 unspecified atom stereocenters. The van der Waals surface area contributed by atoms with Crippen molar-refractivity contribution < 1.29 is 9.53 Å². The largest absolute Gasteiger partial charge is 0.474 e. The molecule has 2 aliphatic rings. The summed E-state index contributed by atoms with van der Waals surface area (Å²) < 4.78 is 5.76. The van der Waals surface area contributed by atoms with Crippen LogP contribution in [-0.2, 0) is 4.79 Å². The third-order valence-electron chi connectivity index (χ3n) is 6.33. The Hall–Kier alpha value is -3.99. The number of likely N-dealkylation sites (N-methyl/N-ethyl adjacent to an activating group) is 1. The van der Waals surface area contributed by atoms with E-state index in [1.54, 1.807) is 32.2 Å². The minimum Gasteiger partial charge on any atom is -0.474 e. The first-order chi connectivity index (χ1) is 17.2. The summed E-state index contributed by atoms with van der Waals surface area (Å²) in [4.78, 5) is 35.1. The molecular formula is C25H31N9O2. The zero-order chi connectivity index (χ0) is 25.4. The van der Waals surface area contributed by atoms with Gasteiger partial charge in [-0.25, -0.2) is 15.0 Å². The molecule has 3 aromatic rings. The Morgan fingerprint density at radius 3 is 2.53 bits per heavy atom. The van der Waals surface area contributed by atoms with E-state index in [1.165, 1.54) is 0 Å². The molecule has 5 heterocycles. The van der Waals surface area contributed by atoms with Gasteiger partial charge in [-0.05, 0) is 58.5 Å². The summed E-state index contributed by atoms with van der Waals surface area (Å²) in [6.07, 6.45) is 3.55. The maximum atomic E-state index is 12.2. The van der Waals surface area contributed by atoms with Gasteiger partial charge in [0, 0.05) is 37.9 Å². The van der Waals surface area contributed by atoms with Crippen LogP contribution in [0, 0.1) is 13.8 Å². The third kappa shape index (κ3) is 4.87.